The van der Waals surface area contributed by atoms with Crippen molar-refractivity contribution in [2.45, 2.75) is 26.2 Å². The van der Waals surface area contributed by atoms with Gasteiger partial charge in [-0.1, -0.05) is 147 Å². The number of para-hydroxylation sites is 2. The van der Waals surface area contributed by atoms with Crippen molar-refractivity contribution in [3.05, 3.63) is 168 Å². The van der Waals surface area contributed by atoms with Crippen molar-refractivity contribution in [3.63, 3.8) is 0 Å². The molecule has 2 heteroatoms. The first-order valence-electron chi connectivity index (χ1n) is 16.5. The van der Waals surface area contributed by atoms with E-state index in [-0.39, 0.29) is 11.2 Å². The first kappa shape index (κ1) is 29.5. The molecule has 1 aliphatic rings. The zero-order chi connectivity index (χ0) is 33.0. The fourth-order valence-electron chi connectivity index (χ4n) is 7.62. The van der Waals surface area contributed by atoms with Gasteiger partial charge in [-0.2, -0.15) is 0 Å². The van der Waals surface area contributed by atoms with Crippen LogP contribution in [0.4, 0.5) is 5.69 Å². The van der Waals surface area contributed by atoms with Crippen LogP contribution >= 0.6 is 0 Å². The van der Waals surface area contributed by atoms with E-state index in [2.05, 4.69) is 148 Å². The van der Waals surface area contributed by atoms with Crippen molar-refractivity contribution in [2.24, 2.45) is 0 Å². The molecular formula is C46H37NO. The van der Waals surface area contributed by atoms with Crippen LogP contribution in [-0.2, 0) is 5.41 Å². The number of rotatable bonds is 2. The molecule has 2 nitrogen and oxygen atoms in total. The van der Waals surface area contributed by atoms with E-state index in [4.69, 9.17) is 10.8 Å². The van der Waals surface area contributed by atoms with Crippen LogP contribution in [0.2, 0.25) is 0 Å². The van der Waals surface area contributed by atoms with Crippen LogP contribution in [0.3, 0.4) is 0 Å². The third kappa shape index (κ3) is 4.72. The van der Waals surface area contributed by atoms with Crippen molar-refractivity contribution in [2.75, 3.05) is 5.73 Å². The molecule has 48 heavy (non-hydrogen) atoms. The van der Waals surface area contributed by atoms with Crippen LogP contribution in [0.25, 0.3) is 65.7 Å². The fraction of sp³-hybridized carbons (Fsp3) is 0.0870. The largest absolute Gasteiger partial charge is 0.506 e. The molecule has 0 saturated carbocycles. The van der Waals surface area contributed by atoms with E-state index in [0.29, 0.717) is 5.69 Å². The third-order valence-corrected chi connectivity index (χ3v) is 10.1. The molecule has 0 bridgehead atoms. The van der Waals surface area contributed by atoms with Crippen molar-refractivity contribution in [1.29, 1.82) is 0 Å². The summed E-state index contributed by atoms with van der Waals surface area (Å²) in [5.41, 5.74) is 17.7. The number of nitrogens with two attached hydrogens (primary N) is 1. The first-order valence-corrected chi connectivity index (χ1v) is 16.5. The number of phenolic OH excluding ortho intramolecular Hbond substituents is 1. The average Bonchev–Trinajstić information content (AvgIpc) is 3.33. The highest BCUT2D eigenvalue weighted by Gasteiger charge is 2.36. The number of anilines is 1. The van der Waals surface area contributed by atoms with Gasteiger partial charge in [0.15, 0.2) is 0 Å². The lowest BCUT2D eigenvalue weighted by molar-refractivity contribution is 0.478. The van der Waals surface area contributed by atoms with Gasteiger partial charge in [-0.15, -0.1) is 0 Å². The number of hydrogen-bond acceptors (Lipinski definition) is 2. The molecule has 0 amide bonds. The van der Waals surface area contributed by atoms with E-state index in [0.717, 1.165) is 0 Å². The number of phenols is 1. The molecule has 9 rings (SSSR count). The summed E-state index contributed by atoms with van der Waals surface area (Å²) in [6, 6.07) is 54.3. The first-order chi connectivity index (χ1) is 23.3. The Balaban J connectivity index is 0.000000371. The van der Waals surface area contributed by atoms with E-state index in [1.165, 1.54) is 82.4 Å². The molecule has 0 aromatic heterocycles. The van der Waals surface area contributed by atoms with Crippen LogP contribution < -0.4 is 5.73 Å². The summed E-state index contributed by atoms with van der Waals surface area (Å²) >= 11 is 0. The molecular weight excluding hydrogens is 583 g/mol. The van der Waals surface area contributed by atoms with Crippen LogP contribution in [0, 0.1) is 6.92 Å². The predicted molar refractivity (Wildman–Crippen MR) is 205 cm³/mol. The van der Waals surface area contributed by atoms with Gasteiger partial charge in [0.1, 0.15) is 5.75 Å². The Hall–Kier alpha value is -5.86. The average molecular weight is 620 g/mol. The van der Waals surface area contributed by atoms with E-state index >= 15 is 0 Å². The van der Waals surface area contributed by atoms with Crippen molar-refractivity contribution < 1.29 is 5.11 Å². The minimum Gasteiger partial charge on any atom is -0.506 e. The Morgan fingerprint density at radius 1 is 0.479 bits per heavy atom. The van der Waals surface area contributed by atoms with E-state index in [1.807, 2.05) is 0 Å². The fourth-order valence-corrected chi connectivity index (χ4v) is 7.62. The number of benzene rings is 8. The molecule has 0 spiro atoms. The Morgan fingerprint density at radius 3 is 1.79 bits per heavy atom. The minimum absolute atomic E-state index is 0.0637. The van der Waals surface area contributed by atoms with Crippen molar-refractivity contribution in [1.82, 2.24) is 0 Å². The van der Waals surface area contributed by atoms with E-state index < -0.39 is 0 Å². The topological polar surface area (TPSA) is 46.2 Å². The monoisotopic (exact) mass is 619 g/mol. The van der Waals surface area contributed by atoms with Crippen LogP contribution in [0.1, 0.15) is 30.5 Å². The second-order valence-corrected chi connectivity index (χ2v) is 13.4. The summed E-state index contributed by atoms with van der Waals surface area (Å²) in [5.74, 6) is 0.146. The minimum atomic E-state index is -0.0637. The zero-order valence-corrected chi connectivity index (χ0v) is 27.5. The van der Waals surface area contributed by atoms with Crippen LogP contribution in [0.15, 0.2) is 152 Å². The number of aryl methyl sites for hydroxylation is 1. The van der Waals surface area contributed by atoms with Crippen molar-refractivity contribution in [3.8, 4) is 39.1 Å². The summed E-state index contributed by atoms with van der Waals surface area (Å²) in [5, 5.41) is 16.6. The van der Waals surface area contributed by atoms with Gasteiger partial charge in [0, 0.05) is 5.41 Å². The highest BCUT2D eigenvalue weighted by molar-refractivity contribution is 6.24. The molecule has 0 fully saturated rings. The van der Waals surface area contributed by atoms with E-state index in [9.17, 15) is 0 Å². The lowest BCUT2D eigenvalue weighted by Gasteiger charge is -2.24. The number of aromatic hydroxyl groups is 1. The van der Waals surface area contributed by atoms with Crippen LogP contribution in [0.5, 0.6) is 5.75 Å². The Kier molecular flexibility index (Phi) is 7.04. The maximum atomic E-state index is 8.79. The maximum absolute atomic E-state index is 8.79. The van der Waals surface area contributed by atoms with Gasteiger partial charge in [0.05, 0.1) is 5.69 Å². The number of fused-ring (bicyclic) bond motifs is 6. The second kappa shape index (κ2) is 11.4. The van der Waals surface area contributed by atoms with Gasteiger partial charge in [-0.3, -0.25) is 0 Å². The van der Waals surface area contributed by atoms with E-state index in [1.54, 1.807) is 24.3 Å². The van der Waals surface area contributed by atoms with Gasteiger partial charge >= 0.3 is 0 Å². The number of hydrogen-bond donors (Lipinski definition) is 2. The lowest BCUT2D eigenvalue weighted by Crippen LogP contribution is -2.14. The van der Waals surface area contributed by atoms with Gasteiger partial charge in [-0.05, 0) is 108 Å². The molecule has 0 radical (unpaired) electrons. The molecule has 1 aliphatic carbocycles. The molecule has 3 N–H and O–H groups in total. The Labute approximate surface area is 281 Å². The molecule has 8 aromatic carbocycles. The number of nitrogen functional groups attached to an aromatic ring is 1. The molecule has 0 unspecified atom stereocenters. The normalized spacial score (nSPS) is 12.8. The molecule has 232 valence electrons. The third-order valence-electron chi connectivity index (χ3n) is 10.1. The molecule has 0 atom stereocenters. The lowest BCUT2D eigenvalue weighted by atomic mass is 9.79. The highest BCUT2D eigenvalue weighted by atomic mass is 16.3. The summed E-state index contributed by atoms with van der Waals surface area (Å²) in [6.45, 7) is 6.92. The highest BCUT2D eigenvalue weighted by Crippen LogP contribution is 2.53. The summed E-state index contributed by atoms with van der Waals surface area (Å²) in [4.78, 5) is 0. The molecule has 0 saturated heterocycles. The molecule has 8 aromatic rings. The van der Waals surface area contributed by atoms with Gasteiger partial charge in [0.25, 0.3) is 0 Å². The standard InChI is InChI=1S/C40H30.C6H7NO/c1-25-19-21-27(22-20-25)38-31-15-6-7-16-32(31)39(30-17-10-12-26-11-4-5-13-28(26)30)35-24-37-33(23-34(35)38)29-14-8-9-18-36(29)40(37,2)3;7-5-3-1-2-4-6(5)8/h4-24H,1-3H3;1-4,8H,7H2. The molecule has 0 aliphatic heterocycles. The summed E-state index contributed by atoms with van der Waals surface area (Å²) in [7, 11) is 0. The smallest absolute Gasteiger partial charge is 0.138 e. The van der Waals surface area contributed by atoms with Crippen molar-refractivity contribution >= 4 is 38.0 Å². The Morgan fingerprint density at radius 2 is 1.06 bits per heavy atom. The van der Waals surface area contributed by atoms with Gasteiger partial charge < -0.3 is 10.8 Å². The maximum Gasteiger partial charge on any atom is 0.138 e. The Bertz CT molecular complexity index is 2480. The second-order valence-electron chi connectivity index (χ2n) is 13.4. The quantitative estimate of drug-likeness (QED) is 0.115. The SMILES string of the molecule is Cc1ccc(-c2c3ccccc3c(-c3cccc4ccccc34)c3cc4c(cc23)-c2ccccc2C4(C)C)cc1.Nc1ccccc1O. The van der Waals surface area contributed by atoms with Gasteiger partial charge in [0.2, 0.25) is 0 Å². The predicted octanol–water partition coefficient (Wildman–Crippen LogP) is 12.1. The van der Waals surface area contributed by atoms with Gasteiger partial charge in [-0.25, -0.2) is 0 Å². The summed E-state index contributed by atoms with van der Waals surface area (Å²) in [6.07, 6.45) is 0. The summed E-state index contributed by atoms with van der Waals surface area (Å²) < 4.78 is 0. The molecule has 0 heterocycles. The van der Waals surface area contributed by atoms with Crippen LogP contribution in [-0.4, -0.2) is 5.11 Å². The zero-order valence-electron chi connectivity index (χ0n) is 27.5.